The van der Waals surface area contributed by atoms with Crippen LogP contribution < -0.4 is 5.32 Å². The molecule has 0 aromatic rings. The lowest BCUT2D eigenvalue weighted by Gasteiger charge is -2.42. The topological polar surface area (TPSA) is 69.6 Å². The van der Waals surface area contributed by atoms with Crippen LogP contribution in [0.3, 0.4) is 0 Å². The fourth-order valence-corrected chi connectivity index (χ4v) is 2.36. The van der Waals surface area contributed by atoms with Crippen LogP contribution in [0, 0.1) is 5.41 Å². The molecule has 0 spiro atoms. The van der Waals surface area contributed by atoms with Gasteiger partial charge >= 0.3 is 5.97 Å². The third-order valence-corrected chi connectivity index (χ3v) is 4.27. The molecule has 0 aromatic carbocycles. The number of nitrogens with zero attached hydrogens (tertiary/aromatic N) is 1. The lowest BCUT2D eigenvalue weighted by atomic mass is 9.76. The van der Waals surface area contributed by atoms with Crippen molar-refractivity contribution in [2.24, 2.45) is 5.41 Å². The van der Waals surface area contributed by atoms with Gasteiger partial charge in [0.05, 0.1) is 5.41 Å². The fourth-order valence-electron chi connectivity index (χ4n) is 2.36. The Bertz CT molecular complexity index is 333. The molecule has 1 atom stereocenters. The van der Waals surface area contributed by atoms with Gasteiger partial charge in [0.1, 0.15) is 5.54 Å². The Morgan fingerprint density at radius 2 is 2.06 bits per heavy atom. The van der Waals surface area contributed by atoms with Crippen LogP contribution in [0.15, 0.2) is 0 Å². The second-order valence-electron chi connectivity index (χ2n) is 5.64. The predicted molar refractivity (Wildman–Crippen MR) is 69.3 cm³/mol. The zero-order valence-corrected chi connectivity index (χ0v) is 11.7. The van der Waals surface area contributed by atoms with E-state index >= 15 is 0 Å². The summed E-state index contributed by atoms with van der Waals surface area (Å²) < 4.78 is 0. The quantitative estimate of drug-likeness (QED) is 0.790. The molecule has 1 aliphatic rings. The first-order chi connectivity index (χ1) is 8.28. The van der Waals surface area contributed by atoms with Crippen molar-refractivity contribution < 1.29 is 14.7 Å². The van der Waals surface area contributed by atoms with Crippen molar-refractivity contribution in [3.63, 3.8) is 0 Å². The monoisotopic (exact) mass is 256 g/mol. The molecule has 0 aromatic heterocycles. The number of hydrogen-bond acceptors (Lipinski definition) is 3. The van der Waals surface area contributed by atoms with Crippen molar-refractivity contribution in [2.45, 2.75) is 45.6 Å². The molecule has 5 nitrogen and oxygen atoms in total. The number of aliphatic carboxylic acids is 1. The normalized spacial score (nSPS) is 24.7. The smallest absolute Gasteiger partial charge is 0.329 e. The SMILES string of the molecule is CCC1(C(=O)N(C)C(C)(C)C(=O)O)CCCNC1. The Morgan fingerprint density at radius 3 is 2.44 bits per heavy atom. The molecule has 1 unspecified atom stereocenters. The molecule has 1 aliphatic heterocycles. The summed E-state index contributed by atoms with van der Waals surface area (Å²) in [7, 11) is 1.59. The summed E-state index contributed by atoms with van der Waals surface area (Å²) in [5.41, 5.74) is -1.61. The van der Waals surface area contributed by atoms with E-state index in [9.17, 15) is 14.7 Å². The van der Waals surface area contributed by atoms with Crippen molar-refractivity contribution in [1.29, 1.82) is 0 Å². The van der Waals surface area contributed by atoms with Gasteiger partial charge in [-0.3, -0.25) is 4.79 Å². The highest BCUT2D eigenvalue weighted by Gasteiger charge is 2.45. The third-order valence-electron chi connectivity index (χ3n) is 4.27. The first kappa shape index (κ1) is 15.0. The first-order valence-electron chi connectivity index (χ1n) is 6.50. The molecule has 18 heavy (non-hydrogen) atoms. The van der Waals surface area contributed by atoms with Gasteiger partial charge in [0.2, 0.25) is 5.91 Å². The number of hydrogen-bond donors (Lipinski definition) is 2. The van der Waals surface area contributed by atoms with E-state index in [1.807, 2.05) is 6.92 Å². The van der Waals surface area contributed by atoms with E-state index in [-0.39, 0.29) is 5.91 Å². The lowest BCUT2D eigenvalue weighted by Crippen LogP contribution is -2.58. The van der Waals surface area contributed by atoms with Crippen LogP contribution in [-0.2, 0) is 9.59 Å². The Hall–Kier alpha value is -1.10. The first-order valence-corrected chi connectivity index (χ1v) is 6.50. The molecule has 104 valence electrons. The van der Waals surface area contributed by atoms with E-state index in [0.717, 1.165) is 25.8 Å². The summed E-state index contributed by atoms with van der Waals surface area (Å²) in [6, 6.07) is 0. The minimum absolute atomic E-state index is 0.0652. The maximum Gasteiger partial charge on any atom is 0.329 e. The molecule has 0 bridgehead atoms. The molecule has 2 N–H and O–H groups in total. The van der Waals surface area contributed by atoms with E-state index < -0.39 is 16.9 Å². The molecular formula is C13H24N2O3. The van der Waals surface area contributed by atoms with Crippen LogP contribution in [0.2, 0.25) is 0 Å². The highest BCUT2D eigenvalue weighted by Crippen LogP contribution is 2.34. The Kier molecular flexibility index (Phi) is 4.37. The lowest BCUT2D eigenvalue weighted by molar-refractivity contribution is -0.160. The molecule has 1 rings (SSSR count). The average Bonchev–Trinajstić information content (AvgIpc) is 2.37. The van der Waals surface area contributed by atoms with Crippen LogP contribution in [0.25, 0.3) is 0 Å². The van der Waals surface area contributed by atoms with Gasteiger partial charge in [-0.1, -0.05) is 6.92 Å². The average molecular weight is 256 g/mol. The van der Waals surface area contributed by atoms with Crippen molar-refractivity contribution in [2.75, 3.05) is 20.1 Å². The van der Waals surface area contributed by atoms with E-state index in [0.29, 0.717) is 6.54 Å². The molecule has 1 heterocycles. The fraction of sp³-hybridized carbons (Fsp3) is 0.846. The Labute approximate surface area is 109 Å². The van der Waals surface area contributed by atoms with Crippen molar-refractivity contribution >= 4 is 11.9 Å². The van der Waals surface area contributed by atoms with Crippen LogP contribution >= 0.6 is 0 Å². The standard InChI is InChI=1S/C13H24N2O3/c1-5-13(7-6-8-14-9-13)10(16)15(4)12(2,3)11(17)18/h14H,5-9H2,1-4H3,(H,17,18). The number of carboxylic acids is 1. The molecule has 0 radical (unpaired) electrons. The second-order valence-corrected chi connectivity index (χ2v) is 5.64. The van der Waals surface area contributed by atoms with Gasteiger partial charge in [-0.05, 0) is 39.7 Å². The summed E-state index contributed by atoms with van der Waals surface area (Å²) in [5.74, 6) is -1.04. The van der Waals surface area contributed by atoms with Crippen LogP contribution in [0.5, 0.6) is 0 Å². The molecule has 1 fully saturated rings. The summed E-state index contributed by atoms with van der Waals surface area (Å²) >= 11 is 0. The van der Waals surface area contributed by atoms with Gasteiger partial charge in [0.25, 0.3) is 0 Å². The molecule has 0 saturated carbocycles. The molecular weight excluding hydrogens is 232 g/mol. The van der Waals surface area contributed by atoms with Crippen LogP contribution in [0.4, 0.5) is 0 Å². The number of nitrogens with one attached hydrogen (secondary N) is 1. The Morgan fingerprint density at radius 1 is 1.44 bits per heavy atom. The molecule has 1 amide bonds. The largest absolute Gasteiger partial charge is 0.480 e. The zero-order valence-electron chi connectivity index (χ0n) is 11.7. The van der Waals surface area contributed by atoms with Crippen LogP contribution in [-0.4, -0.2) is 47.6 Å². The number of carbonyl (C=O) groups excluding carboxylic acids is 1. The molecule has 1 saturated heterocycles. The third kappa shape index (κ3) is 2.51. The second kappa shape index (κ2) is 5.26. The number of rotatable bonds is 4. The summed E-state index contributed by atoms with van der Waals surface area (Å²) in [6.45, 7) is 6.69. The number of carboxylic acid groups (broad SMARTS) is 1. The van der Waals surface area contributed by atoms with E-state index in [1.54, 1.807) is 20.9 Å². The van der Waals surface area contributed by atoms with Gasteiger partial charge in [-0.2, -0.15) is 0 Å². The number of piperidine rings is 1. The van der Waals surface area contributed by atoms with E-state index in [4.69, 9.17) is 0 Å². The zero-order chi connectivity index (χ0) is 14.0. The number of carbonyl (C=O) groups is 2. The Balaban J connectivity index is 2.94. The molecule has 0 aliphatic carbocycles. The van der Waals surface area contributed by atoms with Gasteiger partial charge in [0.15, 0.2) is 0 Å². The summed E-state index contributed by atoms with van der Waals surface area (Å²) in [5, 5.41) is 12.5. The highest BCUT2D eigenvalue weighted by molar-refractivity contribution is 5.89. The predicted octanol–water partition coefficient (Wildman–Crippen LogP) is 1.09. The summed E-state index contributed by atoms with van der Waals surface area (Å²) in [6.07, 6.45) is 2.52. The van der Waals surface area contributed by atoms with Crippen molar-refractivity contribution in [1.82, 2.24) is 10.2 Å². The maximum atomic E-state index is 12.6. The number of amides is 1. The summed E-state index contributed by atoms with van der Waals surface area (Å²) in [4.78, 5) is 25.2. The van der Waals surface area contributed by atoms with Gasteiger partial charge in [0, 0.05) is 13.6 Å². The van der Waals surface area contributed by atoms with Crippen molar-refractivity contribution in [3.05, 3.63) is 0 Å². The van der Waals surface area contributed by atoms with Gasteiger partial charge in [-0.25, -0.2) is 4.79 Å². The minimum Gasteiger partial charge on any atom is -0.480 e. The number of likely N-dealkylation sites (N-methyl/N-ethyl adjacent to an activating group) is 1. The minimum atomic E-state index is -1.17. The molecule has 5 heteroatoms. The van der Waals surface area contributed by atoms with Crippen LogP contribution in [0.1, 0.15) is 40.0 Å². The van der Waals surface area contributed by atoms with Gasteiger partial charge < -0.3 is 15.3 Å². The highest BCUT2D eigenvalue weighted by atomic mass is 16.4. The van der Waals surface area contributed by atoms with Gasteiger partial charge in [-0.15, -0.1) is 0 Å². The van der Waals surface area contributed by atoms with E-state index in [1.165, 1.54) is 4.90 Å². The maximum absolute atomic E-state index is 12.6. The van der Waals surface area contributed by atoms with E-state index in [2.05, 4.69) is 5.32 Å². The van der Waals surface area contributed by atoms with Crippen molar-refractivity contribution in [3.8, 4) is 0 Å².